The van der Waals surface area contributed by atoms with Crippen LogP contribution in [-0.2, 0) is 9.53 Å². The van der Waals surface area contributed by atoms with Crippen LogP contribution < -0.4 is 5.32 Å². The lowest BCUT2D eigenvalue weighted by molar-refractivity contribution is -0.157. The third-order valence-electron chi connectivity index (χ3n) is 2.41. The fourth-order valence-electron chi connectivity index (χ4n) is 1.68. The van der Waals surface area contributed by atoms with Crippen LogP contribution in [0.3, 0.4) is 0 Å². The number of rotatable bonds is 3. The van der Waals surface area contributed by atoms with Gasteiger partial charge in [0.1, 0.15) is 11.6 Å². The van der Waals surface area contributed by atoms with Crippen LogP contribution in [0.4, 0.5) is 0 Å². The van der Waals surface area contributed by atoms with Gasteiger partial charge in [-0.2, -0.15) is 11.8 Å². The summed E-state index contributed by atoms with van der Waals surface area (Å²) >= 11 is 1.96. The van der Waals surface area contributed by atoms with Crippen molar-refractivity contribution < 1.29 is 9.53 Å². The first kappa shape index (κ1) is 13.8. The standard InChI is InChI=1S/C12H23NO2S/c1-9(11(14)15-12(2,3)4)13-10-6-5-7-16-8-10/h9-10,13H,5-8H2,1-4H3/t9-,10?/m0/s1. The number of thioether (sulfide) groups is 1. The molecule has 0 radical (unpaired) electrons. The van der Waals surface area contributed by atoms with E-state index in [1.54, 1.807) is 0 Å². The zero-order valence-corrected chi connectivity index (χ0v) is 11.5. The predicted molar refractivity (Wildman–Crippen MR) is 68.8 cm³/mol. The molecule has 1 rings (SSSR count). The van der Waals surface area contributed by atoms with Crippen LogP contribution in [0.25, 0.3) is 0 Å². The number of esters is 1. The lowest BCUT2D eigenvalue weighted by Gasteiger charge is -2.27. The minimum Gasteiger partial charge on any atom is -0.459 e. The number of ether oxygens (including phenoxy) is 1. The van der Waals surface area contributed by atoms with Crippen LogP contribution in [0.1, 0.15) is 40.5 Å². The average Bonchev–Trinajstić information content (AvgIpc) is 2.16. The van der Waals surface area contributed by atoms with Crippen molar-refractivity contribution in [2.75, 3.05) is 11.5 Å². The van der Waals surface area contributed by atoms with Crippen molar-refractivity contribution in [1.29, 1.82) is 0 Å². The fraction of sp³-hybridized carbons (Fsp3) is 0.917. The van der Waals surface area contributed by atoms with E-state index in [2.05, 4.69) is 5.32 Å². The second-order valence-corrected chi connectivity index (χ2v) is 6.49. The van der Waals surface area contributed by atoms with Gasteiger partial charge in [-0.05, 0) is 46.3 Å². The van der Waals surface area contributed by atoms with E-state index in [1.165, 1.54) is 18.6 Å². The number of hydrogen-bond donors (Lipinski definition) is 1. The highest BCUT2D eigenvalue weighted by molar-refractivity contribution is 7.99. The Morgan fingerprint density at radius 1 is 1.50 bits per heavy atom. The Bertz CT molecular complexity index is 232. The minimum absolute atomic E-state index is 0.150. The second-order valence-electron chi connectivity index (χ2n) is 5.34. The van der Waals surface area contributed by atoms with E-state index in [0.29, 0.717) is 6.04 Å². The molecule has 0 aromatic carbocycles. The molecule has 16 heavy (non-hydrogen) atoms. The summed E-state index contributed by atoms with van der Waals surface area (Å²) in [5, 5.41) is 3.35. The predicted octanol–water partition coefficient (Wildman–Crippen LogP) is 2.20. The summed E-state index contributed by atoms with van der Waals surface area (Å²) in [5.74, 6) is 2.20. The summed E-state index contributed by atoms with van der Waals surface area (Å²) in [4.78, 5) is 11.7. The zero-order chi connectivity index (χ0) is 12.2. The third kappa shape index (κ3) is 5.21. The molecule has 1 aliphatic heterocycles. The Morgan fingerprint density at radius 2 is 2.19 bits per heavy atom. The molecule has 0 amide bonds. The van der Waals surface area contributed by atoms with Gasteiger partial charge < -0.3 is 10.1 Å². The number of nitrogens with one attached hydrogen (secondary N) is 1. The van der Waals surface area contributed by atoms with E-state index in [9.17, 15) is 4.79 Å². The van der Waals surface area contributed by atoms with E-state index >= 15 is 0 Å². The Kier molecular flexibility index (Phi) is 5.12. The highest BCUT2D eigenvalue weighted by atomic mass is 32.2. The molecule has 4 heteroatoms. The van der Waals surface area contributed by atoms with Crippen LogP contribution >= 0.6 is 11.8 Å². The molecule has 0 aromatic heterocycles. The molecule has 0 aromatic rings. The van der Waals surface area contributed by atoms with Crippen LogP contribution in [0, 0.1) is 0 Å². The highest BCUT2D eigenvalue weighted by Crippen LogP contribution is 2.17. The Morgan fingerprint density at radius 3 is 2.69 bits per heavy atom. The number of carbonyl (C=O) groups is 1. The SMILES string of the molecule is C[C@H](NC1CCCSC1)C(=O)OC(C)(C)C. The molecule has 3 nitrogen and oxygen atoms in total. The lowest BCUT2D eigenvalue weighted by atomic mass is 10.1. The number of carbonyl (C=O) groups excluding carboxylic acids is 1. The molecule has 1 heterocycles. The van der Waals surface area contributed by atoms with Gasteiger partial charge in [0, 0.05) is 11.8 Å². The average molecular weight is 245 g/mol. The lowest BCUT2D eigenvalue weighted by Crippen LogP contribution is -2.46. The quantitative estimate of drug-likeness (QED) is 0.774. The van der Waals surface area contributed by atoms with Gasteiger partial charge in [0.25, 0.3) is 0 Å². The van der Waals surface area contributed by atoms with Crippen molar-refractivity contribution in [1.82, 2.24) is 5.32 Å². The first-order valence-corrected chi connectivity index (χ1v) is 7.10. The van der Waals surface area contributed by atoms with E-state index in [1.807, 2.05) is 39.5 Å². The van der Waals surface area contributed by atoms with Gasteiger partial charge >= 0.3 is 5.97 Å². The molecule has 2 atom stereocenters. The van der Waals surface area contributed by atoms with Crippen molar-refractivity contribution in [3.05, 3.63) is 0 Å². The van der Waals surface area contributed by atoms with E-state index < -0.39 is 5.60 Å². The highest BCUT2D eigenvalue weighted by Gasteiger charge is 2.24. The van der Waals surface area contributed by atoms with Gasteiger partial charge in [-0.1, -0.05) is 0 Å². The summed E-state index contributed by atoms with van der Waals surface area (Å²) in [7, 11) is 0. The summed E-state index contributed by atoms with van der Waals surface area (Å²) in [6.45, 7) is 7.57. The molecule has 0 spiro atoms. The summed E-state index contributed by atoms with van der Waals surface area (Å²) in [6, 6.07) is 0.254. The molecule has 1 aliphatic rings. The van der Waals surface area contributed by atoms with Crippen molar-refractivity contribution in [2.24, 2.45) is 0 Å². The maximum atomic E-state index is 11.7. The van der Waals surface area contributed by atoms with E-state index in [0.717, 1.165) is 5.75 Å². The first-order chi connectivity index (χ1) is 7.38. The van der Waals surface area contributed by atoms with Crippen molar-refractivity contribution in [3.63, 3.8) is 0 Å². The van der Waals surface area contributed by atoms with Crippen LogP contribution in [0.15, 0.2) is 0 Å². The Hall–Kier alpha value is -0.220. The Labute approximate surface area is 103 Å². The molecule has 1 fully saturated rings. The van der Waals surface area contributed by atoms with Gasteiger partial charge in [0.2, 0.25) is 0 Å². The van der Waals surface area contributed by atoms with Crippen molar-refractivity contribution in [3.8, 4) is 0 Å². The fourth-order valence-corrected chi connectivity index (χ4v) is 2.77. The molecular formula is C12H23NO2S. The largest absolute Gasteiger partial charge is 0.459 e. The van der Waals surface area contributed by atoms with Gasteiger partial charge in [-0.25, -0.2) is 0 Å². The topological polar surface area (TPSA) is 38.3 Å². The summed E-state index contributed by atoms with van der Waals surface area (Å²) in [5.41, 5.74) is -0.395. The molecule has 0 saturated carbocycles. The number of hydrogen-bond acceptors (Lipinski definition) is 4. The summed E-state index contributed by atoms with van der Waals surface area (Å²) < 4.78 is 5.33. The van der Waals surface area contributed by atoms with Gasteiger partial charge in [-0.15, -0.1) is 0 Å². The first-order valence-electron chi connectivity index (χ1n) is 5.95. The molecule has 94 valence electrons. The van der Waals surface area contributed by atoms with Gasteiger partial charge in [-0.3, -0.25) is 4.79 Å². The van der Waals surface area contributed by atoms with Gasteiger partial charge in [0.05, 0.1) is 0 Å². The molecule has 0 aliphatic carbocycles. The maximum Gasteiger partial charge on any atom is 0.323 e. The van der Waals surface area contributed by atoms with Crippen LogP contribution in [-0.4, -0.2) is 35.2 Å². The molecule has 1 saturated heterocycles. The van der Waals surface area contributed by atoms with E-state index in [4.69, 9.17) is 4.74 Å². The van der Waals surface area contributed by atoms with Gasteiger partial charge in [0.15, 0.2) is 0 Å². The van der Waals surface area contributed by atoms with Crippen LogP contribution in [0.5, 0.6) is 0 Å². The molecular weight excluding hydrogens is 222 g/mol. The zero-order valence-electron chi connectivity index (χ0n) is 10.7. The second kappa shape index (κ2) is 5.92. The third-order valence-corrected chi connectivity index (χ3v) is 3.62. The van der Waals surface area contributed by atoms with Crippen LogP contribution in [0.2, 0.25) is 0 Å². The molecule has 1 N–H and O–H groups in total. The maximum absolute atomic E-state index is 11.7. The molecule has 0 bridgehead atoms. The normalized spacial score (nSPS) is 23.9. The van der Waals surface area contributed by atoms with Crippen molar-refractivity contribution >= 4 is 17.7 Å². The minimum atomic E-state index is -0.395. The smallest absolute Gasteiger partial charge is 0.323 e. The van der Waals surface area contributed by atoms with Crippen molar-refractivity contribution in [2.45, 2.75) is 58.2 Å². The van der Waals surface area contributed by atoms with E-state index in [-0.39, 0.29) is 12.0 Å². The monoisotopic (exact) mass is 245 g/mol. The summed E-state index contributed by atoms with van der Waals surface area (Å²) in [6.07, 6.45) is 2.41. The Balaban J connectivity index is 2.33. The molecule has 1 unspecified atom stereocenters.